The predicted octanol–water partition coefficient (Wildman–Crippen LogP) is 3.32. The summed E-state index contributed by atoms with van der Waals surface area (Å²) in [5, 5.41) is 0. The Hall–Kier alpha value is -3.19. The molecule has 0 spiro atoms. The number of hydrogen-bond donors (Lipinski definition) is 1. The molecule has 9 nitrogen and oxygen atoms in total. The number of hydrogen-bond acceptors (Lipinski definition) is 7. The number of ether oxygens (including phenoxy) is 3. The molecule has 1 N–H and O–H groups in total. The summed E-state index contributed by atoms with van der Waals surface area (Å²) in [6.07, 6.45) is -5.07. The number of methoxy groups -OCH3 is 2. The molecule has 0 saturated carbocycles. The van der Waals surface area contributed by atoms with Gasteiger partial charge in [0.1, 0.15) is 11.5 Å². The second-order valence-electron chi connectivity index (χ2n) is 8.01. The maximum absolute atomic E-state index is 13.0. The zero-order valence-corrected chi connectivity index (χ0v) is 20.9. The van der Waals surface area contributed by atoms with Crippen LogP contribution in [0.3, 0.4) is 0 Å². The van der Waals surface area contributed by atoms with Crippen molar-refractivity contribution in [2.24, 2.45) is 0 Å². The van der Waals surface area contributed by atoms with E-state index in [1.165, 1.54) is 17.9 Å². The smallest absolute Gasteiger partial charge is 0.497 e. The van der Waals surface area contributed by atoms with Crippen molar-refractivity contribution < 1.29 is 40.6 Å². The molecular weight excluding hydrogens is 503 g/mol. The largest absolute Gasteiger partial charge is 0.573 e. The average molecular weight is 532 g/mol. The fraction of sp³-hybridized carbons (Fsp3) is 0.435. The van der Waals surface area contributed by atoms with Crippen LogP contribution in [-0.4, -0.2) is 76.6 Å². The van der Waals surface area contributed by atoms with E-state index in [0.29, 0.717) is 44.2 Å². The molecule has 0 bridgehead atoms. The molecule has 1 saturated heterocycles. The van der Waals surface area contributed by atoms with Gasteiger partial charge in [0.15, 0.2) is 5.75 Å². The molecule has 0 aliphatic carbocycles. The van der Waals surface area contributed by atoms with Crippen LogP contribution in [0.5, 0.6) is 17.2 Å². The Morgan fingerprint density at radius 2 is 1.69 bits per heavy atom. The lowest BCUT2D eigenvalue weighted by Crippen LogP contribution is -2.48. The fourth-order valence-corrected chi connectivity index (χ4v) is 4.35. The van der Waals surface area contributed by atoms with E-state index >= 15 is 0 Å². The molecule has 0 radical (unpaired) electrons. The minimum Gasteiger partial charge on any atom is -0.497 e. The van der Waals surface area contributed by atoms with Crippen molar-refractivity contribution in [3.8, 4) is 17.2 Å². The van der Waals surface area contributed by atoms with Crippen molar-refractivity contribution >= 4 is 21.6 Å². The standard InChI is InChI=1S/C23H28F3N3O6S/c1-4-36(31,32)27-19-8-6-16(13-21(19)35-23(24,25)26)22(30)29-11-9-28(10-12-29)15-17-5-7-18(33-2)14-20(17)34-3/h5-8,13-14,27H,4,9-12,15H2,1-3H3. The van der Waals surface area contributed by atoms with E-state index in [4.69, 9.17) is 9.47 Å². The van der Waals surface area contributed by atoms with Gasteiger partial charge < -0.3 is 19.1 Å². The van der Waals surface area contributed by atoms with Crippen molar-refractivity contribution in [2.45, 2.75) is 19.8 Å². The molecule has 0 aromatic heterocycles. The summed E-state index contributed by atoms with van der Waals surface area (Å²) < 4.78 is 79.2. The number of carbonyl (C=O) groups excluding carboxylic acids is 1. The molecule has 0 unspecified atom stereocenters. The maximum atomic E-state index is 13.0. The molecule has 1 fully saturated rings. The molecule has 13 heteroatoms. The van der Waals surface area contributed by atoms with Gasteiger partial charge >= 0.3 is 6.36 Å². The Kier molecular flexibility index (Phi) is 8.56. The van der Waals surface area contributed by atoms with E-state index in [1.807, 2.05) is 16.9 Å². The highest BCUT2D eigenvalue weighted by atomic mass is 32.2. The lowest BCUT2D eigenvalue weighted by Gasteiger charge is -2.35. The second-order valence-corrected chi connectivity index (χ2v) is 10.0. The number of alkyl halides is 3. The fourth-order valence-electron chi connectivity index (χ4n) is 3.70. The normalized spacial score (nSPS) is 14.9. The van der Waals surface area contributed by atoms with Crippen LogP contribution in [0.25, 0.3) is 0 Å². The van der Waals surface area contributed by atoms with E-state index in [1.54, 1.807) is 20.3 Å². The molecule has 0 atom stereocenters. The van der Waals surface area contributed by atoms with Crippen LogP contribution in [0.2, 0.25) is 0 Å². The van der Waals surface area contributed by atoms with E-state index in [-0.39, 0.29) is 11.3 Å². The lowest BCUT2D eigenvalue weighted by atomic mass is 10.1. The maximum Gasteiger partial charge on any atom is 0.573 e. The third kappa shape index (κ3) is 7.17. The van der Waals surface area contributed by atoms with Crippen LogP contribution in [0.15, 0.2) is 36.4 Å². The van der Waals surface area contributed by atoms with E-state index in [0.717, 1.165) is 17.7 Å². The Bertz CT molecular complexity index is 1180. The van der Waals surface area contributed by atoms with Gasteiger partial charge in [0.2, 0.25) is 10.0 Å². The zero-order valence-electron chi connectivity index (χ0n) is 20.1. The molecule has 2 aromatic carbocycles. The minimum atomic E-state index is -5.07. The number of halogens is 3. The van der Waals surface area contributed by atoms with Crippen molar-refractivity contribution in [1.82, 2.24) is 9.80 Å². The van der Waals surface area contributed by atoms with Crippen LogP contribution >= 0.6 is 0 Å². The van der Waals surface area contributed by atoms with Gasteiger partial charge in [-0.25, -0.2) is 8.42 Å². The van der Waals surface area contributed by atoms with Crippen molar-refractivity contribution in [3.63, 3.8) is 0 Å². The number of nitrogens with zero attached hydrogens (tertiary/aromatic N) is 2. The van der Waals surface area contributed by atoms with Gasteiger partial charge in [0.25, 0.3) is 5.91 Å². The molecule has 3 rings (SSSR count). The first-order chi connectivity index (χ1) is 16.9. The average Bonchev–Trinajstić information content (AvgIpc) is 2.84. The third-order valence-corrected chi connectivity index (χ3v) is 6.94. The summed E-state index contributed by atoms with van der Waals surface area (Å²) in [6, 6.07) is 8.80. The Labute approximate surface area is 207 Å². The quantitative estimate of drug-likeness (QED) is 0.530. The summed E-state index contributed by atoms with van der Waals surface area (Å²) in [6.45, 7) is 3.73. The molecule has 1 aliphatic heterocycles. The van der Waals surface area contributed by atoms with Crippen LogP contribution in [0.4, 0.5) is 18.9 Å². The molecule has 1 aliphatic rings. The molecule has 1 amide bonds. The van der Waals surface area contributed by atoms with Crippen LogP contribution in [-0.2, 0) is 16.6 Å². The highest BCUT2D eigenvalue weighted by molar-refractivity contribution is 7.92. The summed E-state index contributed by atoms with van der Waals surface area (Å²) >= 11 is 0. The molecule has 1 heterocycles. The molecule has 198 valence electrons. The van der Waals surface area contributed by atoms with Gasteiger partial charge in [-0.15, -0.1) is 13.2 Å². The number of piperazine rings is 1. The van der Waals surface area contributed by atoms with Gasteiger partial charge in [0.05, 0.1) is 25.7 Å². The number of nitrogens with one attached hydrogen (secondary N) is 1. The molecular formula is C23H28F3N3O6S. The Balaban J connectivity index is 1.70. The summed E-state index contributed by atoms with van der Waals surface area (Å²) in [5.41, 5.74) is 0.514. The number of anilines is 1. The summed E-state index contributed by atoms with van der Waals surface area (Å²) in [5.74, 6) is -0.257. The van der Waals surface area contributed by atoms with E-state index in [9.17, 15) is 26.4 Å². The number of rotatable bonds is 9. The van der Waals surface area contributed by atoms with Gasteiger partial charge in [-0.2, -0.15) is 0 Å². The van der Waals surface area contributed by atoms with E-state index in [2.05, 4.69) is 9.64 Å². The van der Waals surface area contributed by atoms with E-state index < -0.39 is 33.7 Å². The van der Waals surface area contributed by atoms with Crippen LogP contribution < -0.4 is 18.9 Å². The topological polar surface area (TPSA) is 97.4 Å². The van der Waals surface area contributed by atoms with Crippen LogP contribution in [0, 0.1) is 0 Å². The van der Waals surface area contributed by atoms with Gasteiger partial charge in [0, 0.05) is 49.9 Å². The van der Waals surface area contributed by atoms with Crippen molar-refractivity contribution in [3.05, 3.63) is 47.5 Å². The highest BCUT2D eigenvalue weighted by Gasteiger charge is 2.33. The number of amides is 1. The minimum absolute atomic E-state index is 0.0426. The monoisotopic (exact) mass is 531 g/mol. The first-order valence-electron chi connectivity index (χ1n) is 11.1. The third-order valence-electron chi connectivity index (χ3n) is 5.65. The van der Waals surface area contributed by atoms with Gasteiger partial charge in [-0.1, -0.05) is 6.07 Å². The van der Waals surface area contributed by atoms with Crippen molar-refractivity contribution in [2.75, 3.05) is 50.9 Å². The second kappa shape index (κ2) is 11.2. The number of benzene rings is 2. The number of carbonyl (C=O) groups is 1. The summed E-state index contributed by atoms with van der Waals surface area (Å²) in [4.78, 5) is 16.7. The Morgan fingerprint density at radius 1 is 1.00 bits per heavy atom. The van der Waals surface area contributed by atoms with Gasteiger partial charge in [-0.05, 0) is 31.2 Å². The Morgan fingerprint density at radius 3 is 2.28 bits per heavy atom. The lowest BCUT2D eigenvalue weighted by molar-refractivity contribution is -0.274. The first-order valence-corrected chi connectivity index (χ1v) is 12.7. The van der Waals surface area contributed by atoms with Gasteiger partial charge in [-0.3, -0.25) is 14.4 Å². The van der Waals surface area contributed by atoms with Crippen molar-refractivity contribution in [1.29, 1.82) is 0 Å². The number of sulfonamides is 1. The van der Waals surface area contributed by atoms with Crippen LogP contribution in [0.1, 0.15) is 22.8 Å². The highest BCUT2D eigenvalue weighted by Crippen LogP contribution is 2.33. The summed E-state index contributed by atoms with van der Waals surface area (Å²) in [7, 11) is -0.716. The SMILES string of the molecule is CCS(=O)(=O)Nc1ccc(C(=O)N2CCN(Cc3ccc(OC)cc3OC)CC2)cc1OC(F)(F)F. The predicted molar refractivity (Wildman–Crippen MR) is 127 cm³/mol. The molecule has 36 heavy (non-hydrogen) atoms. The first kappa shape index (κ1) is 27.4. The molecule has 2 aromatic rings. The zero-order chi connectivity index (χ0) is 26.5.